The van der Waals surface area contributed by atoms with Crippen molar-refractivity contribution in [2.24, 2.45) is 0 Å². The SMILES string of the molecule is Cc1ccc([C@@H](NCC(=O)Nc2ccc3c(c2)OCCO3)c2ccccc2)cc1. The molecule has 1 aliphatic heterocycles. The molecule has 3 aromatic rings. The van der Waals surface area contributed by atoms with Crippen LogP contribution in [0, 0.1) is 6.92 Å². The van der Waals surface area contributed by atoms with E-state index < -0.39 is 0 Å². The molecule has 1 amide bonds. The Bertz CT molecular complexity index is 971. The molecular formula is C24H24N2O3. The van der Waals surface area contributed by atoms with Gasteiger partial charge >= 0.3 is 0 Å². The van der Waals surface area contributed by atoms with E-state index in [2.05, 4.69) is 54.0 Å². The van der Waals surface area contributed by atoms with E-state index in [0.717, 1.165) is 11.1 Å². The van der Waals surface area contributed by atoms with Gasteiger partial charge in [0.1, 0.15) is 13.2 Å². The summed E-state index contributed by atoms with van der Waals surface area (Å²) in [6.07, 6.45) is 0. The molecule has 0 radical (unpaired) electrons. The minimum absolute atomic E-state index is 0.0668. The molecular weight excluding hydrogens is 364 g/mol. The van der Waals surface area contributed by atoms with Crippen LogP contribution in [-0.2, 0) is 4.79 Å². The lowest BCUT2D eigenvalue weighted by Gasteiger charge is -2.21. The van der Waals surface area contributed by atoms with Crippen molar-refractivity contribution in [2.45, 2.75) is 13.0 Å². The van der Waals surface area contributed by atoms with Gasteiger partial charge in [-0.2, -0.15) is 0 Å². The van der Waals surface area contributed by atoms with Gasteiger partial charge in [0, 0.05) is 11.8 Å². The van der Waals surface area contributed by atoms with Crippen molar-refractivity contribution in [2.75, 3.05) is 25.1 Å². The largest absolute Gasteiger partial charge is 0.486 e. The van der Waals surface area contributed by atoms with E-state index in [1.165, 1.54) is 5.56 Å². The quantitative estimate of drug-likeness (QED) is 0.668. The zero-order chi connectivity index (χ0) is 20.1. The van der Waals surface area contributed by atoms with Crippen LogP contribution in [0.4, 0.5) is 5.69 Å². The van der Waals surface area contributed by atoms with Crippen LogP contribution in [0.5, 0.6) is 11.5 Å². The summed E-state index contributed by atoms with van der Waals surface area (Å²) in [4.78, 5) is 12.6. The van der Waals surface area contributed by atoms with Crippen LogP contribution in [-0.4, -0.2) is 25.7 Å². The molecule has 0 bridgehead atoms. The van der Waals surface area contributed by atoms with Gasteiger partial charge in [-0.25, -0.2) is 0 Å². The Kier molecular flexibility index (Phi) is 5.77. The molecule has 0 spiro atoms. The lowest BCUT2D eigenvalue weighted by Crippen LogP contribution is -2.32. The Hall–Kier alpha value is -3.31. The van der Waals surface area contributed by atoms with Gasteiger partial charge in [0.15, 0.2) is 11.5 Å². The topological polar surface area (TPSA) is 59.6 Å². The van der Waals surface area contributed by atoms with E-state index in [0.29, 0.717) is 30.4 Å². The second kappa shape index (κ2) is 8.80. The third kappa shape index (κ3) is 4.76. The third-order valence-corrected chi connectivity index (χ3v) is 4.84. The lowest BCUT2D eigenvalue weighted by atomic mass is 9.98. The van der Waals surface area contributed by atoms with E-state index in [1.807, 2.05) is 30.3 Å². The molecule has 148 valence electrons. The zero-order valence-corrected chi connectivity index (χ0v) is 16.4. The van der Waals surface area contributed by atoms with Crippen molar-refractivity contribution in [3.63, 3.8) is 0 Å². The zero-order valence-electron chi connectivity index (χ0n) is 16.4. The van der Waals surface area contributed by atoms with Crippen molar-refractivity contribution < 1.29 is 14.3 Å². The fourth-order valence-electron chi connectivity index (χ4n) is 3.35. The van der Waals surface area contributed by atoms with Crippen molar-refractivity contribution >= 4 is 11.6 Å². The predicted molar refractivity (Wildman–Crippen MR) is 114 cm³/mol. The number of carbonyl (C=O) groups excluding carboxylic acids is 1. The van der Waals surface area contributed by atoms with Crippen LogP contribution in [0.2, 0.25) is 0 Å². The summed E-state index contributed by atoms with van der Waals surface area (Å²) in [5.41, 5.74) is 4.13. The minimum atomic E-state index is -0.116. The van der Waals surface area contributed by atoms with Gasteiger partial charge in [0.05, 0.1) is 12.6 Å². The van der Waals surface area contributed by atoms with E-state index >= 15 is 0 Å². The van der Waals surface area contributed by atoms with Crippen molar-refractivity contribution in [1.82, 2.24) is 5.32 Å². The van der Waals surface area contributed by atoms with Crippen molar-refractivity contribution in [1.29, 1.82) is 0 Å². The van der Waals surface area contributed by atoms with Crippen LogP contribution >= 0.6 is 0 Å². The average Bonchev–Trinajstić information content (AvgIpc) is 2.76. The molecule has 2 N–H and O–H groups in total. The maximum absolute atomic E-state index is 12.6. The molecule has 4 rings (SSSR count). The number of carbonyl (C=O) groups is 1. The number of fused-ring (bicyclic) bond motifs is 1. The maximum atomic E-state index is 12.6. The number of rotatable bonds is 6. The molecule has 5 nitrogen and oxygen atoms in total. The van der Waals surface area contributed by atoms with E-state index in [-0.39, 0.29) is 18.5 Å². The van der Waals surface area contributed by atoms with E-state index in [1.54, 1.807) is 6.07 Å². The Labute approximate surface area is 170 Å². The summed E-state index contributed by atoms with van der Waals surface area (Å²) in [6.45, 7) is 3.31. The highest BCUT2D eigenvalue weighted by atomic mass is 16.6. The number of amides is 1. The molecule has 1 aliphatic rings. The average molecular weight is 388 g/mol. The Morgan fingerprint density at radius 3 is 2.34 bits per heavy atom. The van der Waals surface area contributed by atoms with Gasteiger partial charge < -0.3 is 14.8 Å². The van der Waals surface area contributed by atoms with Crippen LogP contribution in [0.25, 0.3) is 0 Å². The Morgan fingerprint density at radius 2 is 1.59 bits per heavy atom. The van der Waals surface area contributed by atoms with Gasteiger partial charge in [0.25, 0.3) is 0 Å². The summed E-state index contributed by atoms with van der Waals surface area (Å²) in [7, 11) is 0. The normalized spacial score (nSPS) is 13.6. The number of ether oxygens (including phenoxy) is 2. The fraction of sp³-hybridized carbons (Fsp3) is 0.208. The van der Waals surface area contributed by atoms with Crippen molar-refractivity contribution in [3.05, 3.63) is 89.5 Å². The Balaban J connectivity index is 1.44. The first-order valence-corrected chi connectivity index (χ1v) is 9.73. The highest BCUT2D eigenvalue weighted by Gasteiger charge is 2.16. The van der Waals surface area contributed by atoms with Gasteiger partial charge in [0.2, 0.25) is 5.91 Å². The highest BCUT2D eigenvalue weighted by Crippen LogP contribution is 2.32. The second-order valence-electron chi connectivity index (χ2n) is 7.04. The molecule has 1 heterocycles. The maximum Gasteiger partial charge on any atom is 0.238 e. The number of hydrogen-bond donors (Lipinski definition) is 2. The van der Waals surface area contributed by atoms with E-state index in [4.69, 9.17) is 9.47 Å². The number of anilines is 1. The monoisotopic (exact) mass is 388 g/mol. The molecule has 0 saturated heterocycles. The summed E-state index contributed by atoms with van der Waals surface area (Å²) >= 11 is 0. The van der Waals surface area contributed by atoms with Crippen molar-refractivity contribution in [3.8, 4) is 11.5 Å². The molecule has 0 saturated carbocycles. The number of benzene rings is 3. The first kappa shape index (κ1) is 19.0. The highest BCUT2D eigenvalue weighted by molar-refractivity contribution is 5.92. The fourth-order valence-corrected chi connectivity index (χ4v) is 3.35. The number of hydrogen-bond acceptors (Lipinski definition) is 4. The molecule has 0 fully saturated rings. The molecule has 29 heavy (non-hydrogen) atoms. The van der Waals surface area contributed by atoms with Crippen LogP contribution in [0.15, 0.2) is 72.8 Å². The predicted octanol–water partition coefficient (Wildman–Crippen LogP) is 4.08. The summed E-state index contributed by atoms with van der Waals surface area (Å²) in [6, 6.07) is 23.9. The Morgan fingerprint density at radius 1 is 0.897 bits per heavy atom. The lowest BCUT2D eigenvalue weighted by molar-refractivity contribution is -0.115. The molecule has 1 atom stereocenters. The third-order valence-electron chi connectivity index (χ3n) is 4.84. The number of aryl methyl sites for hydroxylation is 1. The molecule has 0 unspecified atom stereocenters. The summed E-state index contributed by atoms with van der Waals surface area (Å²) in [5, 5.41) is 6.31. The molecule has 0 aliphatic carbocycles. The minimum Gasteiger partial charge on any atom is -0.486 e. The molecule has 0 aromatic heterocycles. The van der Waals surface area contributed by atoms with Gasteiger partial charge in [-0.1, -0.05) is 60.2 Å². The second-order valence-corrected chi connectivity index (χ2v) is 7.04. The van der Waals surface area contributed by atoms with Crippen LogP contribution in [0.1, 0.15) is 22.7 Å². The van der Waals surface area contributed by atoms with Gasteiger partial charge in [-0.05, 0) is 30.2 Å². The van der Waals surface area contributed by atoms with Crippen LogP contribution in [0.3, 0.4) is 0 Å². The number of nitrogens with one attached hydrogen (secondary N) is 2. The smallest absolute Gasteiger partial charge is 0.238 e. The summed E-state index contributed by atoms with van der Waals surface area (Å²) < 4.78 is 11.1. The summed E-state index contributed by atoms with van der Waals surface area (Å²) in [5.74, 6) is 1.24. The first-order chi connectivity index (χ1) is 14.2. The van der Waals surface area contributed by atoms with Gasteiger partial charge in [-0.3, -0.25) is 10.1 Å². The van der Waals surface area contributed by atoms with Gasteiger partial charge in [-0.15, -0.1) is 0 Å². The first-order valence-electron chi connectivity index (χ1n) is 9.73. The van der Waals surface area contributed by atoms with Crippen LogP contribution < -0.4 is 20.1 Å². The molecule has 5 heteroatoms. The standard InChI is InChI=1S/C24H24N2O3/c1-17-7-9-19(10-8-17)24(18-5-3-2-4-6-18)25-16-23(27)26-20-11-12-21-22(15-20)29-14-13-28-21/h2-12,15,24-25H,13-14,16H2,1H3,(H,26,27)/t24-/m0/s1. The molecule has 3 aromatic carbocycles. The van der Waals surface area contributed by atoms with E-state index in [9.17, 15) is 4.79 Å².